The number of halogens is 1. The number of hydrogen-bond acceptors (Lipinski definition) is 3. The molecular formula is C18H20BrNO3. The quantitative estimate of drug-likeness (QED) is 0.748. The van der Waals surface area contributed by atoms with Gasteiger partial charge in [-0.25, -0.2) is 0 Å². The summed E-state index contributed by atoms with van der Waals surface area (Å²) >= 11 is 3.41. The van der Waals surface area contributed by atoms with E-state index in [9.17, 15) is 4.79 Å². The first kappa shape index (κ1) is 17.5. The van der Waals surface area contributed by atoms with Gasteiger partial charge in [-0.05, 0) is 41.8 Å². The number of carbonyl (C=O) groups is 1. The molecule has 0 amide bonds. The Balaban J connectivity index is 1.95. The molecule has 0 saturated heterocycles. The lowest BCUT2D eigenvalue weighted by Gasteiger charge is -2.18. The average molecular weight is 378 g/mol. The molecule has 0 heterocycles. The molecule has 2 rings (SSSR count). The van der Waals surface area contributed by atoms with Gasteiger partial charge < -0.3 is 15.2 Å². The SMILES string of the molecule is CC(C)[C@@H](NCc1ccc(Oc2cccc(Br)c2)cc1)C(=O)O. The highest BCUT2D eigenvalue weighted by Gasteiger charge is 2.20. The molecule has 0 aromatic heterocycles. The summed E-state index contributed by atoms with van der Waals surface area (Å²) in [5.74, 6) is 0.711. The predicted octanol–water partition coefficient (Wildman–Crippen LogP) is 4.44. The zero-order chi connectivity index (χ0) is 16.8. The summed E-state index contributed by atoms with van der Waals surface area (Å²) in [5, 5.41) is 12.2. The average Bonchev–Trinajstić information content (AvgIpc) is 2.48. The highest BCUT2D eigenvalue weighted by atomic mass is 79.9. The molecule has 5 heteroatoms. The van der Waals surface area contributed by atoms with Crippen molar-refractivity contribution in [3.8, 4) is 11.5 Å². The van der Waals surface area contributed by atoms with E-state index < -0.39 is 12.0 Å². The Morgan fingerprint density at radius 2 is 1.87 bits per heavy atom. The number of benzene rings is 2. The molecule has 2 aromatic carbocycles. The number of ether oxygens (including phenoxy) is 1. The number of aliphatic carboxylic acids is 1. The minimum atomic E-state index is -0.824. The maximum atomic E-state index is 11.2. The van der Waals surface area contributed by atoms with E-state index in [-0.39, 0.29) is 5.92 Å². The van der Waals surface area contributed by atoms with Gasteiger partial charge in [0.2, 0.25) is 0 Å². The number of hydrogen-bond donors (Lipinski definition) is 2. The van der Waals surface area contributed by atoms with Crippen LogP contribution in [-0.2, 0) is 11.3 Å². The predicted molar refractivity (Wildman–Crippen MR) is 93.8 cm³/mol. The van der Waals surface area contributed by atoms with Crippen LogP contribution in [0, 0.1) is 5.92 Å². The fourth-order valence-corrected chi connectivity index (χ4v) is 2.56. The third-order valence-electron chi connectivity index (χ3n) is 3.41. The van der Waals surface area contributed by atoms with E-state index in [1.807, 2.05) is 62.4 Å². The third-order valence-corrected chi connectivity index (χ3v) is 3.91. The molecule has 0 aliphatic rings. The minimum Gasteiger partial charge on any atom is -0.480 e. The molecule has 0 fully saturated rings. The molecule has 0 unspecified atom stereocenters. The molecule has 122 valence electrons. The summed E-state index contributed by atoms with van der Waals surface area (Å²) in [6.07, 6.45) is 0. The van der Waals surface area contributed by atoms with Crippen LogP contribution >= 0.6 is 15.9 Å². The van der Waals surface area contributed by atoms with Crippen molar-refractivity contribution in [1.82, 2.24) is 5.32 Å². The number of nitrogens with one attached hydrogen (secondary N) is 1. The van der Waals surface area contributed by atoms with Gasteiger partial charge in [-0.1, -0.05) is 48.0 Å². The lowest BCUT2D eigenvalue weighted by molar-refractivity contribution is -0.140. The van der Waals surface area contributed by atoms with Crippen LogP contribution < -0.4 is 10.1 Å². The monoisotopic (exact) mass is 377 g/mol. The van der Waals surface area contributed by atoms with E-state index in [2.05, 4.69) is 21.2 Å². The Kier molecular flexibility index (Phi) is 6.19. The van der Waals surface area contributed by atoms with Crippen LogP contribution in [0.5, 0.6) is 11.5 Å². The van der Waals surface area contributed by atoms with E-state index in [0.717, 1.165) is 21.5 Å². The Hall–Kier alpha value is -1.85. The van der Waals surface area contributed by atoms with Gasteiger partial charge in [0.05, 0.1) is 0 Å². The molecular weight excluding hydrogens is 358 g/mol. The second kappa shape index (κ2) is 8.13. The van der Waals surface area contributed by atoms with E-state index in [1.54, 1.807) is 0 Å². The van der Waals surface area contributed by atoms with Crippen molar-refractivity contribution < 1.29 is 14.6 Å². The summed E-state index contributed by atoms with van der Waals surface area (Å²) in [6.45, 7) is 4.29. The molecule has 0 radical (unpaired) electrons. The van der Waals surface area contributed by atoms with E-state index >= 15 is 0 Å². The summed E-state index contributed by atoms with van der Waals surface area (Å²) < 4.78 is 6.73. The van der Waals surface area contributed by atoms with Gasteiger partial charge in [0.1, 0.15) is 17.5 Å². The molecule has 0 bridgehead atoms. The van der Waals surface area contributed by atoms with Crippen molar-refractivity contribution in [1.29, 1.82) is 0 Å². The molecule has 0 aliphatic carbocycles. The van der Waals surface area contributed by atoms with Crippen molar-refractivity contribution >= 4 is 21.9 Å². The minimum absolute atomic E-state index is 0.0339. The normalized spacial score (nSPS) is 12.2. The summed E-state index contributed by atoms with van der Waals surface area (Å²) in [4.78, 5) is 11.2. The van der Waals surface area contributed by atoms with Crippen molar-refractivity contribution in [2.75, 3.05) is 0 Å². The highest BCUT2D eigenvalue weighted by molar-refractivity contribution is 9.10. The third kappa shape index (κ3) is 5.37. The maximum Gasteiger partial charge on any atom is 0.320 e. The standard InChI is InChI=1S/C18H20BrNO3/c1-12(2)17(18(21)22)20-11-13-6-8-15(9-7-13)23-16-5-3-4-14(19)10-16/h3-10,12,17,20H,11H2,1-2H3,(H,21,22)/t17-/m1/s1. The number of carboxylic acids is 1. The Morgan fingerprint density at radius 3 is 2.43 bits per heavy atom. The second-order valence-electron chi connectivity index (χ2n) is 5.64. The first-order valence-electron chi connectivity index (χ1n) is 7.44. The van der Waals surface area contributed by atoms with Crippen LogP contribution in [0.1, 0.15) is 19.4 Å². The molecule has 0 saturated carbocycles. The molecule has 2 N–H and O–H groups in total. The van der Waals surface area contributed by atoms with Crippen LogP contribution in [0.3, 0.4) is 0 Å². The molecule has 23 heavy (non-hydrogen) atoms. The lowest BCUT2D eigenvalue weighted by atomic mass is 10.0. The van der Waals surface area contributed by atoms with E-state index in [1.165, 1.54) is 0 Å². The number of carboxylic acid groups (broad SMARTS) is 1. The van der Waals surface area contributed by atoms with Crippen molar-refractivity contribution in [2.24, 2.45) is 5.92 Å². The van der Waals surface area contributed by atoms with Crippen LogP contribution in [0.4, 0.5) is 0 Å². The van der Waals surface area contributed by atoms with Crippen molar-refractivity contribution in [3.63, 3.8) is 0 Å². The summed E-state index contributed by atoms with van der Waals surface area (Å²) in [6, 6.07) is 14.7. The number of rotatable bonds is 7. The van der Waals surface area contributed by atoms with Crippen LogP contribution in [0.25, 0.3) is 0 Å². The van der Waals surface area contributed by atoms with Crippen LogP contribution in [0.15, 0.2) is 53.0 Å². The second-order valence-corrected chi connectivity index (χ2v) is 6.56. The Labute approximate surface area is 144 Å². The molecule has 1 atom stereocenters. The zero-order valence-corrected chi connectivity index (χ0v) is 14.7. The van der Waals surface area contributed by atoms with Crippen LogP contribution in [-0.4, -0.2) is 17.1 Å². The molecule has 2 aromatic rings. The Morgan fingerprint density at radius 1 is 1.17 bits per heavy atom. The maximum absolute atomic E-state index is 11.2. The fourth-order valence-electron chi connectivity index (χ4n) is 2.18. The van der Waals surface area contributed by atoms with Crippen molar-refractivity contribution in [3.05, 3.63) is 58.6 Å². The van der Waals surface area contributed by atoms with E-state index in [4.69, 9.17) is 9.84 Å². The van der Waals surface area contributed by atoms with Gasteiger partial charge in [0.15, 0.2) is 0 Å². The van der Waals surface area contributed by atoms with E-state index in [0.29, 0.717) is 6.54 Å². The molecule has 0 spiro atoms. The van der Waals surface area contributed by atoms with Gasteiger partial charge in [-0.3, -0.25) is 4.79 Å². The van der Waals surface area contributed by atoms with Gasteiger partial charge in [0.25, 0.3) is 0 Å². The van der Waals surface area contributed by atoms with Gasteiger partial charge in [0, 0.05) is 11.0 Å². The zero-order valence-electron chi connectivity index (χ0n) is 13.1. The first-order valence-corrected chi connectivity index (χ1v) is 8.23. The van der Waals surface area contributed by atoms with Crippen LogP contribution in [0.2, 0.25) is 0 Å². The summed E-state index contributed by atoms with van der Waals surface area (Å²) in [5.41, 5.74) is 1.01. The van der Waals surface area contributed by atoms with Crippen molar-refractivity contribution in [2.45, 2.75) is 26.4 Å². The summed E-state index contributed by atoms with van der Waals surface area (Å²) in [7, 11) is 0. The van der Waals surface area contributed by atoms with Gasteiger partial charge in [-0.15, -0.1) is 0 Å². The Bertz CT molecular complexity index is 656. The topological polar surface area (TPSA) is 58.6 Å². The smallest absolute Gasteiger partial charge is 0.320 e. The van der Waals surface area contributed by atoms with Gasteiger partial charge in [-0.2, -0.15) is 0 Å². The lowest BCUT2D eigenvalue weighted by Crippen LogP contribution is -2.40. The largest absolute Gasteiger partial charge is 0.480 e. The van der Waals surface area contributed by atoms with Gasteiger partial charge >= 0.3 is 5.97 Å². The highest BCUT2D eigenvalue weighted by Crippen LogP contribution is 2.24. The fraction of sp³-hybridized carbons (Fsp3) is 0.278. The molecule has 0 aliphatic heterocycles. The molecule has 4 nitrogen and oxygen atoms in total. The first-order chi connectivity index (χ1) is 11.0.